The van der Waals surface area contributed by atoms with E-state index in [1.165, 1.54) is 28.1 Å². The molecule has 0 radical (unpaired) electrons. The molecule has 0 spiro atoms. The third kappa shape index (κ3) is 8.08. The molecule has 0 amide bonds. The largest absolute Gasteiger partial charge is 0.280 e. The molecule has 1 fully saturated rings. The second-order valence-electron chi connectivity index (χ2n) is 5.91. The van der Waals surface area contributed by atoms with E-state index in [2.05, 4.69) is 28.5 Å². The number of rotatable bonds is 2. The number of nitrogens with zero attached hydrogens (tertiary/aromatic N) is 3. The Morgan fingerprint density at radius 1 is 1.21 bits per heavy atom. The van der Waals surface area contributed by atoms with Crippen molar-refractivity contribution in [3.8, 4) is 10.6 Å². The summed E-state index contributed by atoms with van der Waals surface area (Å²) in [5, 5.41) is 0.685. The van der Waals surface area contributed by atoms with E-state index in [0.717, 1.165) is 11.1 Å². The second-order valence-corrected chi connectivity index (χ2v) is 8.73. The fourth-order valence-electron chi connectivity index (χ4n) is 2.28. The van der Waals surface area contributed by atoms with Crippen LogP contribution in [0.5, 0.6) is 0 Å². The van der Waals surface area contributed by atoms with E-state index in [0.29, 0.717) is 17.1 Å². The smallest absolute Gasteiger partial charge is 0.252 e. The number of nitrogens with one attached hydrogen (secondary N) is 1. The van der Waals surface area contributed by atoms with Gasteiger partial charge < -0.3 is 0 Å². The van der Waals surface area contributed by atoms with Gasteiger partial charge >= 0.3 is 0 Å². The molecular formula is C20H37FN4O2S2. The first kappa shape index (κ1) is 27.6. The molecule has 0 aliphatic carbocycles. The molecule has 6 nitrogen and oxygen atoms in total. The normalized spacial score (nSPS) is 20.2. The lowest BCUT2D eigenvalue weighted by atomic mass is 10.1. The van der Waals surface area contributed by atoms with Gasteiger partial charge in [0.25, 0.3) is 10.2 Å². The maximum absolute atomic E-state index is 12.9. The van der Waals surface area contributed by atoms with Crippen LogP contribution in [0.2, 0.25) is 0 Å². The van der Waals surface area contributed by atoms with E-state index in [1.807, 2.05) is 34.6 Å². The lowest BCUT2D eigenvalue weighted by molar-refractivity contribution is 0.304. The van der Waals surface area contributed by atoms with Gasteiger partial charge in [-0.3, -0.25) is 4.98 Å². The Bertz CT molecular complexity index is 801. The molecule has 2 aromatic rings. The average Bonchev–Trinajstić information content (AvgIpc) is 3.20. The summed E-state index contributed by atoms with van der Waals surface area (Å²) in [7, 11) is -1.93. The van der Waals surface area contributed by atoms with Crippen LogP contribution in [-0.4, -0.2) is 35.8 Å². The van der Waals surface area contributed by atoms with Crippen molar-refractivity contribution in [3.05, 3.63) is 35.4 Å². The van der Waals surface area contributed by atoms with Crippen LogP contribution >= 0.6 is 11.3 Å². The molecule has 0 saturated carbocycles. The predicted molar refractivity (Wildman–Crippen MR) is 123 cm³/mol. The molecule has 2 atom stereocenters. The van der Waals surface area contributed by atoms with E-state index >= 15 is 0 Å². The molecule has 2 aromatic heterocycles. The number of aromatic nitrogens is 2. The fourth-order valence-corrected chi connectivity index (χ4v) is 4.60. The Labute approximate surface area is 181 Å². The zero-order valence-corrected chi connectivity index (χ0v) is 20.4. The topological polar surface area (TPSA) is 75.2 Å². The Morgan fingerprint density at radius 2 is 1.79 bits per heavy atom. The first-order valence-corrected chi connectivity index (χ1v) is 12.4. The standard InChI is InChI=1S/C13H15FN4O2S2.C3H8.2C2H6.H2/c1-8-5-11(17-22(19,20)18(8)2)13-16-7-12(21-13)10-4-3-9(14)6-15-10;1-3-2;2*1-2;/h3-4,6-8,11,17H,5H2,1-2H3;3H2,1-2H3;2*1-2H3;1H/t8-,11-;;;;/m0..../s1. The zero-order chi connectivity index (χ0) is 22.6. The van der Waals surface area contributed by atoms with E-state index in [1.54, 1.807) is 19.3 Å². The van der Waals surface area contributed by atoms with Gasteiger partial charge in [-0.25, -0.2) is 9.37 Å². The number of pyridine rings is 1. The highest BCUT2D eigenvalue weighted by Crippen LogP contribution is 2.33. The maximum atomic E-state index is 12.9. The second kappa shape index (κ2) is 13.7. The minimum Gasteiger partial charge on any atom is -0.252 e. The number of hydrogen-bond donors (Lipinski definition) is 1. The van der Waals surface area contributed by atoms with Crippen LogP contribution in [0, 0.1) is 5.82 Å². The summed E-state index contributed by atoms with van der Waals surface area (Å²) in [5.74, 6) is -0.398. The summed E-state index contributed by atoms with van der Waals surface area (Å²) in [4.78, 5) is 9.09. The van der Waals surface area contributed by atoms with Crippen LogP contribution in [0.15, 0.2) is 24.5 Å². The van der Waals surface area contributed by atoms with Gasteiger partial charge in [-0.05, 0) is 25.5 Å². The molecule has 0 bridgehead atoms. The Morgan fingerprint density at radius 3 is 2.28 bits per heavy atom. The van der Waals surface area contributed by atoms with Crippen molar-refractivity contribution in [2.75, 3.05) is 7.05 Å². The third-order valence-corrected chi connectivity index (χ3v) is 6.50. The Hall–Kier alpha value is -1.42. The first-order valence-electron chi connectivity index (χ1n) is 10.1. The molecule has 168 valence electrons. The SMILES string of the molecule is CC.CC.CCC.C[C@H]1C[C@@H](c2ncc(-c3ccc(F)cn3)s2)NS(=O)(=O)N1C.[HH]. The van der Waals surface area contributed by atoms with Gasteiger partial charge in [0.1, 0.15) is 10.8 Å². The molecule has 0 unspecified atom stereocenters. The summed E-state index contributed by atoms with van der Waals surface area (Å²) < 4.78 is 40.9. The molecule has 1 N–H and O–H groups in total. The quantitative estimate of drug-likeness (QED) is 0.643. The summed E-state index contributed by atoms with van der Waals surface area (Å²) in [6.45, 7) is 14.1. The van der Waals surface area contributed by atoms with Gasteiger partial charge in [-0.2, -0.15) is 17.4 Å². The van der Waals surface area contributed by atoms with Crippen LogP contribution < -0.4 is 4.72 Å². The third-order valence-electron chi connectivity index (χ3n) is 3.67. The number of hydrogen-bond acceptors (Lipinski definition) is 5. The summed E-state index contributed by atoms with van der Waals surface area (Å²) >= 11 is 1.36. The highest BCUT2D eigenvalue weighted by molar-refractivity contribution is 7.87. The zero-order valence-electron chi connectivity index (χ0n) is 18.7. The molecule has 3 rings (SSSR count). The van der Waals surface area contributed by atoms with E-state index in [9.17, 15) is 12.8 Å². The molecule has 1 aliphatic heterocycles. The number of thiazole rings is 1. The van der Waals surface area contributed by atoms with Crippen molar-refractivity contribution < 1.29 is 14.2 Å². The van der Waals surface area contributed by atoms with Gasteiger partial charge in [0.2, 0.25) is 0 Å². The molecule has 1 saturated heterocycles. The molecule has 0 aromatic carbocycles. The van der Waals surface area contributed by atoms with Crippen molar-refractivity contribution in [1.82, 2.24) is 19.0 Å². The lowest BCUT2D eigenvalue weighted by Crippen LogP contribution is -2.50. The van der Waals surface area contributed by atoms with Gasteiger partial charge in [0.05, 0.1) is 22.8 Å². The van der Waals surface area contributed by atoms with Gasteiger partial charge in [0.15, 0.2) is 0 Å². The summed E-state index contributed by atoms with van der Waals surface area (Å²) in [6.07, 6.45) is 4.67. The van der Waals surface area contributed by atoms with Crippen molar-refractivity contribution in [1.29, 1.82) is 0 Å². The Balaban J connectivity index is 0. The molecular weight excluding hydrogens is 411 g/mol. The number of halogens is 1. The van der Waals surface area contributed by atoms with Crippen molar-refractivity contribution >= 4 is 21.5 Å². The van der Waals surface area contributed by atoms with E-state index in [4.69, 9.17) is 0 Å². The average molecular weight is 449 g/mol. The van der Waals surface area contributed by atoms with Crippen LogP contribution in [0.4, 0.5) is 4.39 Å². The van der Waals surface area contributed by atoms with Crippen LogP contribution in [0.25, 0.3) is 10.6 Å². The van der Waals surface area contributed by atoms with Gasteiger partial charge in [-0.1, -0.05) is 48.0 Å². The van der Waals surface area contributed by atoms with Crippen LogP contribution in [0.3, 0.4) is 0 Å². The van der Waals surface area contributed by atoms with Crippen LogP contribution in [-0.2, 0) is 10.2 Å². The van der Waals surface area contributed by atoms with Crippen molar-refractivity contribution in [2.24, 2.45) is 0 Å². The van der Waals surface area contributed by atoms with E-state index < -0.39 is 16.0 Å². The molecule has 9 heteroatoms. The van der Waals surface area contributed by atoms with Crippen molar-refractivity contribution in [2.45, 2.75) is 73.4 Å². The first-order chi connectivity index (χ1) is 13.8. The van der Waals surface area contributed by atoms with Gasteiger partial charge in [0, 0.05) is 20.7 Å². The monoisotopic (exact) mass is 448 g/mol. The molecule has 3 heterocycles. The lowest BCUT2D eigenvalue weighted by Gasteiger charge is -2.34. The highest BCUT2D eigenvalue weighted by atomic mass is 32.2. The fraction of sp³-hybridized carbons (Fsp3) is 0.600. The minimum atomic E-state index is -3.48. The molecule has 1 aliphatic rings. The Kier molecular flexibility index (Phi) is 13.1. The maximum Gasteiger partial charge on any atom is 0.280 e. The minimum absolute atomic E-state index is 0. The summed E-state index contributed by atoms with van der Waals surface area (Å²) in [5.41, 5.74) is 0.619. The van der Waals surface area contributed by atoms with Crippen molar-refractivity contribution in [3.63, 3.8) is 0 Å². The predicted octanol–water partition coefficient (Wildman–Crippen LogP) is 5.66. The molecule has 29 heavy (non-hydrogen) atoms. The van der Waals surface area contributed by atoms with Gasteiger partial charge in [-0.15, -0.1) is 11.3 Å². The highest BCUT2D eigenvalue weighted by Gasteiger charge is 2.35. The summed E-state index contributed by atoms with van der Waals surface area (Å²) in [6, 6.07) is 2.46. The van der Waals surface area contributed by atoms with Crippen LogP contribution in [0.1, 0.15) is 73.8 Å². The van der Waals surface area contributed by atoms with E-state index in [-0.39, 0.29) is 13.5 Å².